The molecule has 0 spiro atoms. The van der Waals surface area contributed by atoms with E-state index >= 15 is 0 Å². The molecule has 0 fully saturated rings. The Balaban J connectivity index is 1.19. The molecular formula is C34H35N3O3. The maximum absolute atomic E-state index is 13.0. The van der Waals surface area contributed by atoms with Gasteiger partial charge in [-0.05, 0) is 61.7 Å². The fourth-order valence-electron chi connectivity index (χ4n) is 4.79. The summed E-state index contributed by atoms with van der Waals surface area (Å²) in [6.45, 7) is 11.2. The molecule has 1 amide bonds. The van der Waals surface area contributed by atoms with Crippen LogP contribution in [0, 0.1) is 20.8 Å². The highest BCUT2D eigenvalue weighted by Gasteiger charge is 2.23. The number of nitrogens with one attached hydrogen (secondary N) is 1. The lowest BCUT2D eigenvalue weighted by Gasteiger charge is -2.26. The van der Waals surface area contributed by atoms with Crippen molar-refractivity contribution in [2.24, 2.45) is 0 Å². The van der Waals surface area contributed by atoms with E-state index in [2.05, 4.69) is 91.9 Å². The molecule has 1 N–H and O–H groups in total. The fourth-order valence-corrected chi connectivity index (χ4v) is 4.79. The maximum Gasteiger partial charge on any atom is 0.291 e. The lowest BCUT2D eigenvalue weighted by molar-refractivity contribution is 0.0992. The molecule has 0 unspecified atom stereocenters. The Morgan fingerprint density at radius 1 is 0.875 bits per heavy atom. The average Bonchev–Trinajstić information content (AvgIpc) is 3.54. The Bertz CT molecular complexity index is 1590. The normalized spacial score (nSPS) is 11.4. The number of aromatic nitrogens is 2. The highest BCUT2D eigenvalue weighted by Crippen LogP contribution is 2.32. The zero-order valence-electron chi connectivity index (χ0n) is 23.7. The first-order chi connectivity index (χ1) is 19.2. The zero-order valence-corrected chi connectivity index (χ0v) is 23.7. The first-order valence-electron chi connectivity index (χ1n) is 13.5. The van der Waals surface area contributed by atoms with Gasteiger partial charge in [0, 0.05) is 5.41 Å². The van der Waals surface area contributed by atoms with Crippen molar-refractivity contribution in [3.8, 4) is 5.75 Å². The van der Waals surface area contributed by atoms with Crippen LogP contribution in [-0.2, 0) is 18.6 Å². The van der Waals surface area contributed by atoms with Gasteiger partial charge >= 0.3 is 0 Å². The van der Waals surface area contributed by atoms with Crippen molar-refractivity contribution in [2.45, 2.75) is 53.2 Å². The van der Waals surface area contributed by atoms with Crippen LogP contribution < -0.4 is 10.1 Å². The van der Waals surface area contributed by atoms with Crippen LogP contribution in [0.4, 0.5) is 5.69 Å². The third-order valence-corrected chi connectivity index (χ3v) is 7.41. The lowest BCUT2D eigenvalue weighted by Crippen LogP contribution is -2.18. The van der Waals surface area contributed by atoms with Crippen LogP contribution in [0.25, 0.3) is 0 Å². The van der Waals surface area contributed by atoms with Crippen LogP contribution in [0.15, 0.2) is 95.4 Å². The average molecular weight is 534 g/mol. The van der Waals surface area contributed by atoms with Crippen molar-refractivity contribution in [1.29, 1.82) is 0 Å². The topological polar surface area (TPSA) is 69.3 Å². The zero-order chi connectivity index (χ0) is 28.3. The molecule has 0 bridgehead atoms. The number of nitrogens with zero attached hydrogens (tertiary/aromatic N) is 2. The maximum atomic E-state index is 13.0. The van der Waals surface area contributed by atoms with Gasteiger partial charge in [0.15, 0.2) is 5.76 Å². The smallest absolute Gasteiger partial charge is 0.291 e. The van der Waals surface area contributed by atoms with Crippen LogP contribution in [0.2, 0.25) is 0 Å². The molecule has 6 heteroatoms. The molecule has 204 valence electrons. The van der Waals surface area contributed by atoms with Crippen LogP contribution in [-0.4, -0.2) is 15.7 Å². The highest BCUT2D eigenvalue weighted by molar-refractivity contribution is 6.02. The molecular weight excluding hydrogens is 498 g/mol. The number of carbonyl (C=O) groups excluding carboxylic acids is 1. The van der Waals surface area contributed by atoms with Crippen LogP contribution in [0.1, 0.15) is 63.8 Å². The summed E-state index contributed by atoms with van der Waals surface area (Å²) in [5.41, 5.74) is 7.06. The number of amides is 1. The van der Waals surface area contributed by atoms with Crippen molar-refractivity contribution in [3.63, 3.8) is 0 Å². The largest absolute Gasteiger partial charge is 0.486 e. The van der Waals surface area contributed by atoms with Gasteiger partial charge in [-0.3, -0.25) is 9.48 Å². The number of benzene rings is 3. The van der Waals surface area contributed by atoms with E-state index < -0.39 is 0 Å². The summed E-state index contributed by atoms with van der Waals surface area (Å²) in [6, 6.07) is 30.4. The number of rotatable bonds is 9. The van der Waals surface area contributed by atoms with E-state index in [0.29, 0.717) is 18.0 Å². The van der Waals surface area contributed by atoms with E-state index in [1.54, 1.807) is 12.1 Å². The third-order valence-electron chi connectivity index (χ3n) is 7.41. The van der Waals surface area contributed by atoms with Crippen molar-refractivity contribution in [2.75, 3.05) is 5.32 Å². The predicted molar refractivity (Wildman–Crippen MR) is 158 cm³/mol. The highest BCUT2D eigenvalue weighted by atomic mass is 16.5. The number of anilines is 1. The first kappa shape index (κ1) is 27.0. The third kappa shape index (κ3) is 5.86. The van der Waals surface area contributed by atoms with E-state index in [0.717, 1.165) is 22.7 Å². The predicted octanol–water partition coefficient (Wildman–Crippen LogP) is 7.61. The van der Waals surface area contributed by atoms with Crippen LogP contribution >= 0.6 is 0 Å². The summed E-state index contributed by atoms with van der Waals surface area (Å²) < 4.78 is 13.7. The number of ether oxygens (including phenoxy) is 1. The van der Waals surface area contributed by atoms with E-state index in [1.807, 2.05) is 36.7 Å². The molecule has 6 nitrogen and oxygen atoms in total. The van der Waals surface area contributed by atoms with Crippen LogP contribution in [0.5, 0.6) is 5.75 Å². The van der Waals surface area contributed by atoms with Gasteiger partial charge in [-0.2, -0.15) is 5.10 Å². The molecule has 0 aliphatic rings. The van der Waals surface area contributed by atoms with Gasteiger partial charge in [-0.1, -0.05) is 86.1 Å². The van der Waals surface area contributed by atoms with E-state index in [-0.39, 0.29) is 23.7 Å². The molecule has 5 rings (SSSR count). The summed E-state index contributed by atoms with van der Waals surface area (Å²) in [6.07, 6.45) is 0. The monoisotopic (exact) mass is 533 g/mol. The van der Waals surface area contributed by atoms with Crippen molar-refractivity contribution in [1.82, 2.24) is 9.78 Å². The molecule has 0 atom stereocenters. The summed E-state index contributed by atoms with van der Waals surface area (Å²) in [7, 11) is 0. The van der Waals surface area contributed by atoms with Crippen molar-refractivity contribution >= 4 is 11.6 Å². The Kier molecular flexibility index (Phi) is 7.60. The van der Waals surface area contributed by atoms with Gasteiger partial charge in [-0.15, -0.1) is 0 Å². The molecule has 0 aliphatic heterocycles. The molecule has 40 heavy (non-hydrogen) atoms. The van der Waals surface area contributed by atoms with Gasteiger partial charge in [0.05, 0.1) is 23.6 Å². The molecule has 0 saturated carbocycles. The molecule has 0 aliphatic carbocycles. The van der Waals surface area contributed by atoms with E-state index in [9.17, 15) is 4.79 Å². The number of furan rings is 1. The lowest BCUT2D eigenvalue weighted by atomic mass is 9.78. The van der Waals surface area contributed by atoms with Gasteiger partial charge in [0.2, 0.25) is 0 Å². The van der Waals surface area contributed by atoms with E-state index in [1.165, 1.54) is 16.7 Å². The number of carbonyl (C=O) groups is 1. The Morgan fingerprint density at radius 2 is 1.55 bits per heavy atom. The standard InChI is InChI=1S/C34H35N3O3/c1-23-11-13-26(14-12-23)21-37-25(3)32(24(2)36-37)35-33(38)31-20-19-30(40-31)22-39-29-17-15-28(16-18-29)34(4,5)27-9-7-6-8-10-27/h6-20H,21-22H2,1-5H3,(H,35,38). The first-order valence-corrected chi connectivity index (χ1v) is 13.5. The minimum absolute atomic E-state index is 0.114. The molecule has 3 aromatic carbocycles. The van der Waals surface area contributed by atoms with E-state index in [4.69, 9.17) is 9.15 Å². The van der Waals surface area contributed by atoms with Crippen molar-refractivity contribution in [3.05, 3.63) is 136 Å². The second-order valence-electron chi connectivity index (χ2n) is 10.7. The summed E-state index contributed by atoms with van der Waals surface area (Å²) >= 11 is 0. The minimum atomic E-state index is -0.320. The van der Waals surface area contributed by atoms with Gasteiger partial charge in [0.1, 0.15) is 18.1 Å². The Labute approximate surface area is 235 Å². The Hall–Kier alpha value is -4.58. The number of hydrogen-bond donors (Lipinski definition) is 1. The fraction of sp³-hybridized carbons (Fsp3) is 0.235. The Morgan fingerprint density at radius 3 is 2.25 bits per heavy atom. The second-order valence-corrected chi connectivity index (χ2v) is 10.7. The summed E-state index contributed by atoms with van der Waals surface area (Å²) in [5, 5.41) is 7.61. The molecule has 2 aromatic heterocycles. The number of hydrogen-bond acceptors (Lipinski definition) is 4. The van der Waals surface area contributed by atoms with Crippen LogP contribution in [0.3, 0.4) is 0 Å². The quantitative estimate of drug-likeness (QED) is 0.212. The number of aryl methyl sites for hydroxylation is 2. The summed E-state index contributed by atoms with van der Waals surface area (Å²) in [4.78, 5) is 13.0. The minimum Gasteiger partial charge on any atom is -0.486 e. The van der Waals surface area contributed by atoms with Gasteiger partial charge in [-0.25, -0.2) is 0 Å². The van der Waals surface area contributed by atoms with Gasteiger partial charge < -0.3 is 14.5 Å². The molecule has 2 heterocycles. The van der Waals surface area contributed by atoms with Crippen molar-refractivity contribution < 1.29 is 13.9 Å². The second kappa shape index (κ2) is 11.3. The molecule has 5 aromatic rings. The van der Waals surface area contributed by atoms with Gasteiger partial charge in [0.25, 0.3) is 5.91 Å². The molecule has 0 saturated heterocycles. The molecule has 0 radical (unpaired) electrons. The summed E-state index contributed by atoms with van der Waals surface area (Å²) in [5.74, 6) is 1.22. The SMILES string of the molecule is Cc1ccc(Cn2nc(C)c(NC(=O)c3ccc(COc4ccc(C(C)(C)c5ccccc5)cc4)o3)c2C)cc1.